The van der Waals surface area contributed by atoms with E-state index in [1.165, 1.54) is 6.20 Å². The molecule has 0 bridgehead atoms. The number of nitrogens with one attached hydrogen (secondary N) is 1. The van der Waals surface area contributed by atoms with Crippen molar-refractivity contribution < 1.29 is 18.3 Å². The van der Waals surface area contributed by atoms with E-state index in [1.807, 2.05) is 36.1 Å². The first kappa shape index (κ1) is 18.4. The Hall–Kier alpha value is -2.94. The maximum atomic E-state index is 11.7. The van der Waals surface area contributed by atoms with E-state index in [4.69, 9.17) is 0 Å². The topological polar surface area (TPSA) is 116 Å². The number of aryl methyl sites for hydroxylation is 1. The van der Waals surface area contributed by atoms with Crippen LogP contribution in [-0.2, 0) is 16.3 Å². The number of H-pyrrole nitrogens is 1. The van der Waals surface area contributed by atoms with Gasteiger partial charge < -0.3 is 15.0 Å². The molecule has 3 aromatic rings. The Morgan fingerprint density at radius 3 is 2.68 bits per heavy atom. The number of aromatic amines is 1. The van der Waals surface area contributed by atoms with Crippen LogP contribution >= 0.6 is 0 Å². The van der Waals surface area contributed by atoms with E-state index in [2.05, 4.69) is 15.0 Å². The molecule has 0 saturated carbocycles. The van der Waals surface area contributed by atoms with Crippen LogP contribution in [0.5, 0.6) is 0 Å². The standard InChI is InChI=1S/C19H20N4O4S/c1-2-15-21-17(16-14(19(24)25)11-20-18(16)22-15)12-4-3-5-13(10-12)23-6-8-28(26,27)9-7-23/h3-5,10-11H,2,6-9H2,1H3,(H,24,25)(H,20,21,22). The number of anilines is 1. The predicted molar refractivity (Wildman–Crippen MR) is 107 cm³/mol. The lowest BCUT2D eigenvalue weighted by atomic mass is 10.0. The summed E-state index contributed by atoms with van der Waals surface area (Å²) in [5, 5.41) is 10.0. The Morgan fingerprint density at radius 1 is 1.25 bits per heavy atom. The van der Waals surface area contributed by atoms with Crippen molar-refractivity contribution in [2.45, 2.75) is 13.3 Å². The molecule has 0 unspecified atom stereocenters. The van der Waals surface area contributed by atoms with E-state index in [-0.39, 0.29) is 17.1 Å². The Bertz CT molecular complexity index is 1160. The molecular formula is C19H20N4O4S. The summed E-state index contributed by atoms with van der Waals surface area (Å²) in [4.78, 5) is 25.6. The van der Waals surface area contributed by atoms with Gasteiger partial charge in [-0.2, -0.15) is 0 Å². The second-order valence-corrected chi connectivity index (χ2v) is 9.07. The molecular weight excluding hydrogens is 380 g/mol. The van der Waals surface area contributed by atoms with Crippen molar-refractivity contribution in [3.05, 3.63) is 41.9 Å². The second kappa shape index (κ2) is 6.90. The molecule has 2 aromatic heterocycles. The average molecular weight is 400 g/mol. The number of fused-ring (bicyclic) bond motifs is 1. The highest BCUT2D eigenvalue weighted by Crippen LogP contribution is 2.31. The number of carboxylic acid groups (broad SMARTS) is 1. The molecule has 1 aromatic carbocycles. The molecule has 9 heteroatoms. The minimum absolute atomic E-state index is 0.127. The third-order valence-electron chi connectivity index (χ3n) is 4.95. The van der Waals surface area contributed by atoms with Crippen molar-refractivity contribution in [1.82, 2.24) is 15.0 Å². The quantitative estimate of drug-likeness (QED) is 0.689. The van der Waals surface area contributed by atoms with Crippen LogP contribution in [0.1, 0.15) is 23.1 Å². The summed E-state index contributed by atoms with van der Waals surface area (Å²) in [6.07, 6.45) is 2.05. The predicted octanol–water partition coefficient (Wildman–Crippen LogP) is 2.12. The highest BCUT2D eigenvalue weighted by atomic mass is 32.2. The number of rotatable bonds is 4. The molecule has 28 heavy (non-hydrogen) atoms. The van der Waals surface area contributed by atoms with Crippen LogP contribution in [0.15, 0.2) is 30.5 Å². The summed E-state index contributed by atoms with van der Waals surface area (Å²) < 4.78 is 23.4. The van der Waals surface area contributed by atoms with Crippen LogP contribution in [0.3, 0.4) is 0 Å². The molecule has 0 spiro atoms. The molecule has 146 valence electrons. The molecule has 8 nitrogen and oxygen atoms in total. The van der Waals surface area contributed by atoms with Crippen molar-refractivity contribution in [2.24, 2.45) is 0 Å². The highest BCUT2D eigenvalue weighted by Gasteiger charge is 2.23. The zero-order valence-electron chi connectivity index (χ0n) is 15.3. The monoisotopic (exact) mass is 400 g/mol. The number of hydrogen-bond acceptors (Lipinski definition) is 6. The van der Waals surface area contributed by atoms with E-state index < -0.39 is 15.8 Å². The zero-order chi connectivity index (χ0) is 19.9. The van der Waals surface area contributed by atoms with Crippen LogP contribution in [0.4, 0.5) is 5.69 Å². The zero-order valence-corrected chi connectivity index (χ0v) is 16.2. The number of benzene rings is 1. The van der Waals surface area contributed by atoms with Crippen LogP contribution in [0, 0.1) is 0 Å². The lowest BCUT2D eigenvalue weighted by Crippen LogP contribution is -2.40. The van der Waals surface area contributed by atoms with Gasteiger partial charge in [-0.1, -0.05) is 19.1 Å². The Labute approximate surface area is 162 Å². The summed E-state index contributed by atoms with van der Waals surface area (Å²) >= 11 is 0. The van der Waals surface area contributed by atoms with Gasteiger partial charge in [0, 0.05) is 37.0 Å². The minimum Gasteiger partial charge on any atom is -0.478 e. The molecule has 1 fully saturated rings. The maximum Gasteiger partial charge on any atom is 0.338 e. The summed E-state index contributed by atoms with van der Waals surface area (Å²) in [5.74, 6) is -0.153. The van der Waals surface area contributed by atoms with Crippen LogP contribution < -0.4 is 4.90 Å². The third-order valence-corrected chi connectivity index (χ3v) is 6.56. The van der Waals surface area contributed by atoms with Gasteiger partial charge in [0.2, 0.25) is 0 Å². The SMILES string of the molecule is CCc1nc(-c2cccc(N3CCS(=O)(=O)CC3)c2)c2c(C(=O)O)c[nH]c2n1. The number of nitrogens with zero attached hydrogens (tertiary/aromatic N) is 3. The number of carbonyl (C=O) groups is 1. The highest BCUT2D eigenvalue weighted by molar-refractivity contribution is 7.91. The fraction of sp³-hybridized carbons (Fsp3) is 0.316. The fourth-order valence-corrected chi connectivity index (χ4v) is 4.64. The summed E-state index contributed by atoms with van der Waals surface area (Å²) in [6.45, 7) is 2.82. The summed E-state index contributed by atoms with van der Waals surface area (Å²) in [7, 11) is -2.96. The molecule has 1 saturated heterocycles. The van der Waals surface area contributed by atoms with Gasteiger partial charge in [0.25, 0.3) is 0 Å². The Kier molecular flexibility index (Phi) is 4.54. The summed E-state index contributed by atoms with van der Waals surface area (Å²) in [5.41, 5.74) is 2.85. The van der Waals surface area contributed by atoms with Crippen molar-refractivity contribution in [2.75, 3.05) is 29.5 Å². The molecule has 3 heterocycles. The van der Waals surface area contributed by atoms with Gasteiger partial charge in [-0.05, 0) is 12.1 Å². The van der Waals surface area contributed by atoms with Crippen molar-refractivity contribution >= 4 is 32.5 Å². The molecule has 1 aliphatic rings. The van der Waals surface area contributed by atoms with Crippen LogP contribution in [-0.4, -0.2) is 59.0 Å². The lowest BCUT2D eigenvalue weighted by Gasteiger charge is -2.29. The van der Waals surface area contributed by atoms with Crippen LogP contribution in [0.2, 0.25) is 0 Å². The number of aromatic carboxylic acids is 1. The van der Waals surface area contributed by atoms with Crippen LogP contribution in [0.25, 0.3) is 22.3 Å². The molecule has 0 aliphatic carbocycles. The first-order chi connectivity index (χ1) is 13.4. The van der Waals surface area contributed by atoms with E-state index in [1.54, 1.807) is 0 Å². The summed E-state index contributed by atoms with van der Waals surface area (Å²) in [6, 6.07) is 7.61. The van der Waals surface area contributed by atoms with Crippen molar-refractivity contribution in [3.63, 3.8) is 0 Å². The van der Waals surface area contributed by atoms with E-state index in [0.29, 0.717) is 42.1 Å². The number of carboxylic acids is 1. The number of hydrogen-bond donors (Lipinski definition) is 2. The first-order valence-electron chi connectivity index (χ1n) is 9.05. The van der Waals surface area contributed by atoms with Crippen molar-refractivity contribution in [3.8, 4) is 11.3 Å². The van der Waals surface area contributed by atoms with Crippen molar-refractivity contribution in [1.29, 1.82) is 0 Å². The third kappa shape index (κ3) is 3.33. The smallest absolute Gasteiger partial charge is 0.338 e. The van der Waals surface area contributed by atoms with Gasteiger partial charge in [0.15, 0.2) is 9.84 Å². The molecule has 2 N–H and O–H groups in total. The van der Waals surface area contributed by atoms with E-state index in [9.17, 15) is 18.3 Å². The van der Waals surface area contributed by atoms with Gasteiger partial charge in [-0.3, -0.25) is 0 Å². The Morgan fingerprint density at radius 2 is 2.00 bits per heavy atom. The van der Waals surface area contributed by atoms with Gasteiger partial charge in [0.1, 0.15) is 11.5 Å². The van der Waals surface area contributed by atoms with Gasteiger partial charge in [-0.15, -0.1) is 0 Å². The van der Waals surface area contributed by atoms with Gasteiger partial charge in [0.05, 0.1) is 28.1 Å². The maximum absolute atomic E-state index is 11.7. The minimum atomic E-state index is -2.96. The van der Waals surface area contributed by atoms with Gasteiger partial charge in [-0.25, -0.2) is 23.2 Å². The van der Waals surface area contributed by atoms with E-state index in [0.717, 1.165) is 11.3 Å². The first-order valence-corrected chi connectivity index (χ1v) is 10.9. The normalized spacial score (nSPS) is 16.4. The molecule has 0 radical (unpaired) electrons. The molecule has 1 aliphatic heterocycles. The number of sulfone groups is 1. The number of aromatic nitrogens is 3. The molecule has 0 atom stereocenters. The fourth-order valence-electron chi connectivity index (χ4n) is 3.44. The lowest BCUT2D eigenvalue weighted by molar-refractivity contribution is 0.0699. The second-order valence-electron chi connectivity index (χ2n) is 6.76. The van der Waals surface area contributed by atoms with Gasteiger partial charge >= 0.3 is 5.97 Å². The Balaban J connectivity index is 1.82. The molecule has 0 amide bonds. The average Bonchev–Trinajstić information content (AvgIpc) is 3.11. The molecule has 4 rings (SSSR count). The van der Waals surface area contributed by atoms with E-state index >= 15 is 0 Å². The largest absolute Gasteiger partial charge is 0.478 e.